The van der Waals surface area contributed by atoms with Crippen LogP contribution in [0, 0.1) is 6.92 Å². The summed E-state index contributed by atoms with van der Waals surface area (Å²) in [6, 6.07) is 12.5. The van der Waals surface area contributed by atoms with E-state index in [9.17, 15) is 9.59 Å². The lowest BCUT2D eigenvalue weighted by Crippen LogP contribution is -2.24. The van der Waals surface area contributed by atoms with Crippen LogP contribution in [-0.2, 0) is 9.53 Å². The molecule has 1 aromatic heterocycles. The maximum atomic E-state index is 12.5. The van der Waals surface area contributed by atoms with Crippen LogP contribution in [0.1, 0.15) is 12.5 Å². The largest absolute Gasteiger partial charge is 0.479 e. The molecule has 0 amide bonds. The SMILES string of the molecule is COC(=O)[C@@H](C)Oc1ccc2oc(=O)c(-c3ccc(Br)cc3)c(C)c2c1. The number of carbonyl (C=O) groups excluding carboxylic acids is 1. The number of hydrogen-bond acceptors (Lipinski definition) is 5. The van der Waals surface area contributed by atoms with Crippen LogP contribution in [0.25, 0.3) is 22.1 Å². The van der Waals surface area contributed by atoms with Gasteiger partial charge in [0.1, 0.15) is 11.3 Å². The second-order valence-corrected chi connectivity index (χ2v) is 6.75. The molecule has 2 aromatic carbocycles. The van der Waals surface area contributed by atoms with Gasteiger partial charge >= 0.3 is 11.6 Å². The van der Waals surface area contributed by atoms with Crippen molar-refractivity contribution in [3.8, 4) is 16.9 Å². The van der Waals surface area contributed by atoms with Gasteiger partial charge in [-0.05, 0) is 55.3 Å². The van der Waals surface area contributed by atoms with E-state index in [0.717, 1.165) is 21.0 Å². The number of fused-ring (bicyclic) bond motifs is 1. The summed E-state index contributed by atoms with van der Waals surface area (Å²) < 4.78 is 16.7. The number of halogens is 1. The molecule has 0 saturated carbocycles. The minimum atomic E-state index is -0.737. The van der Waals surface area contributed by atoms with E-state index >= 15 is 0 Å². The van der Waals surface area contributed by atoms with E-state index in [1.807, 2.05) is 31.2 Å². The summed E-state index contributed by atoms with van der Waals surface area (Å²) in [5.74, 6) is 0.0334. The zero-order valence-corrected chi connectivity index (χ0v) is 16.1. The molecule has 6 heteroatoms. The fourth-order valence-electron chi connectivity index (χ4n) is 2.77. The van der Waals surface area contributed by atoms with Crippen molar-refractivity contribution in [3.63, 3.8) is 0 Å². The number of benzene rings is 2. The molecule has 3 aromatic rings. The summed E-state index contributed by atoms with van der Waals surface area (Å²) in [5.41, 5.74) is 2.13. The van der Waals surface area contributed by atoms with Crippen LogP contribution >= 0.6 is 15.9 Å². The lowest BCUT2D eigenvalue weighted by atomic mass is 9.99. The Balaban J connectivity index is 2.10. The number of hydrogen-bond donors (Lipinski definition) is 0. The van der Waals surface area contributed by atoms with Gasteiger partial charge in [-0.1, -0.05) is 28.1 Å². The monoisotopic (exact) mass is 416 g/mol. The number of esters is 1. The molecule has 0 N–H and O–H groups in total. The molecule has 26 heavy (non-hydrogen) atoms. The van der Waals surface area contributed by atoms with E-state index < -0.39 is 17.7 Å². The third-order valence-electron chi connectivity index (χ3n) is 4.12. The third kappa shape index (κ3) is 3.51. The van der Waals surface area contributed by atoms with Crippen molar-refractivity contribution in [1.82, 2.24) is 0 Å². The van der Waals surface area contributed by atoms with Gasteiger partial charge in [-0.3, -0.25) is 0 Å². The van der Waals surface area contributed by atoms with Crippen molar-refractivity contribution >= 4 is 32.9 Å². The zero-order chi connectivity index (χ0) is 18.8. The summed E-state index contributed by atoms with van der Waals surface area (Å²) >= 11 is 3.39. The summed E-state index contributed by atoms with van der Waals surface area (Å²) in [6.07, 6.45) is -0.737. The molecule has 0 radical (unpaired) electrons. The van der Waals surface area contributed by atoms with E-state index in [2.05, 4.69) is 20.7 Å². The van der Waals surface area contributed by atoms with Gasteiger partial charge in [-0.25, -0.2) is 9.59 Å². The minimum absolute atomic E-state index is 0.395. The van der Waals surface area contributed by atoms with Crippen LogP contribution in [-0.4, -0.2) is 19.2 Å². The second kappa shape index (κ2) is 7.33. The first kappa shape index (κ1) is 18.2. The molecule has 0 fully saturated rings. The summed E-state index contributed by atoms with van der Waals surface area (Å²) in [6.45, 7) is 3.48. The van der Waals surface area contributed by atoms with Crippen molar-refractivity contribution in [1.29, 1.82) is 0 Å². The minimum Gasteiger partial charge on any atom is -0.479 e. The molecular formula is C20H17BrO5. The number of aryl methyl sites for hydroxylation is 1. The molecule has 5 nitrogen and oxygen atoms in total. The Kier molecular flexibility index (Phi) is 5.13. The summed E-state index contributed by atoms with van der Waals surface area (Å²) in [7, 11) is 1.31. The van der Waals surface area contributed by atoms with Crippen molar-refractivity contribution in [3.05, 3.63) is 62.9 Å². The predicted molar refractivity (Wildman–Crippen MR) is 102 cm³/mol. The molecule has 0 aliphatic carbocycles. The average molecular weight is 417 g/mol. The fourth-order valence-corrected chi connectivity index (χ4v) is 3.04. The predicted octanol–water partition coefficient (Wildman–Crippen LogP) is 4.47. The lowest BCUT2D eigenvalue weighted by Gasteiger charge is -2.14. The Morgan fingerprint density at radius 2 is 1.85 bits per heavy atom. The molecule has 0 unspecified atom stereocenters. The molecule has 3 rings (SSSR count). The Hall–Kier alpha value is -2.60. The van der Waals surface area contributed by atoms with Crippen molar-refractivity contribution < 1.29 is 18.7 Å². The van der Waals surface area contributed by atoms with Crippen LogP contribution < -0.4 is 10.4 Å². The van der Waals surface area contributed by atoms with Crippen LogP contribution in [0.3, 0.4) is 0 Å². The highest BCUT2D eigenvalue weighted by Crippen LogP contribution is 2.30. The molecule has 0 aliphatic rings. The average Bonchev–Trinajstić information content (AvgIpc) is 2.63. The van der Waals surface area contributed by atoms with Gasteiger partial charge in [0, 0.05) is 9.86 Å². The van der Waals surface area contributed by atoms with Crippen LogP contribution in [0.2, 0.25) is 0 Å². The number of ether oxygens (including phenoxy) is 2. The van der Waals surface area contributed by atoms with E-state index in [1.165, 1.54) is 7.11 Å². The molecule has 134 valence electrons. The standard InChI is InChI=1S/C20H17BrO5/c1-11-16-10-15(25-12(2)19(22)24-3)8-9-17(16)26-20(23)18(11)13-4-6-14(21)7-5-13/h4-10,12H,1-3H3/t12-/m1/s1. The maximum absolute atomic E-state index is 12.5. The van der Waals surface area contributed by atoms with Crippen LogP contribution in [0.15, 0.2) is 56.1 Å². The number of rotatable bonds is 4. The lowest BCUT2D eigenvalue weighted by molar-refractivity contribution is -0.147. The first-order valence-corrected chi connectivity index (χ1v) is 8.78. The first-order valence-electron chi connectivity index (χ1n) is 7.98. The highest BCUT2D eigenvalue weighted by Gasteiger charge is 2.17. The van der Waals surface area contributed by atoms with Crippen molar-refractivity contribution in [2.45, 2.75) is 20.0 Å². The Morgan fingerprint density at radius 3 is 2.50 bits per heavy atom. The smallest absolute Gasteiger partial charge is 0.346 e. The quantitative estimate of drug-likeness (QED) is 0.463. The van der Waals surface area contributed by atoms with Gasteiger partial charge in [0.05, 0.1) is 12.7 Å². The van der Waals surface area contributed by atoms with Crippen molar-refractivity contribution in [2.75, 3.05) is 7.11 Å². The first-order chi connectivity index (χ1) is 12.4. The summed E-state index contributed by atoms with van der Waals surface area (Å²) in [4.78, 5) is 24.0. The van der Waals surface area contributed by atoms with E-state index in [4.69, 9.17) is 9.15 Å². The highest BCUT2D eigenvalue weighted by molar-refractivity contribution is 9.10. The maximum Gasteiger partial charge on any atom is 0.346 e. The number of carbonyl (C=O) groups is 1. The Bertz CT molecular complexity index is 1020. The van der Waals surface area contributed by atoms with E-state index in [-0.39, 0.29) is 0 Å². The third-order valence-corrected chi connectivity index (χ3v) is 4.64. The van der Waals surface area contributed by atoms with Crippen LogP contribution in [0.4, 0.5) is 0 Å². The van der Waals surface area contributed by atoms with E-state index in [0.29, 0.717) is 16.9 Å². The normalized spacial score (nSPS) is 12.0. The van der Waals surface area contributed by atoms with Crippen LogP contribution in [0.5, 0.6) is 5.75 Å². The second-order valence-electron chi connectivity index (χ2n) is 5.84. The van der Waals surface area contributed by atoms with Gasteiger partial charge in [-0.15, -0.1) is 0 Å². The molecule has 0 spiro atoms. The topological polar surface area (TPSA) is 65.7 Å². The van der Waals surface area contributed by atoms with Gasteiger partial charge in [0.25, 0.3) is 0 Å². The Morgan fingerprint density at radius 1 is 1.15 bits per heavy atom. The Labute approximate surface area is 158 Å². The molecule has 0 aliphatic heterocycles. The van der Waals surface area contributed by atoms with Gasteiger partial charge < -0.3 is 13.9 Å². The van der Waals surface area contributed by atoms with E-state index in [1.54, 1.807) is 25.1 Å². The zero-order valence-electron chi connectivity index (χ0n) is 14.5. The van der Waals surface area contributed by atoms with Gasteiger partial charge in [0.2, 0.25) is 0 Å². The molecule has 0 bridgehead atoms. The molecular weight excluding hydrogens is 400 g/mol. The molecule has 1 atom stereocenters. The fraction of sp³-hybridized carbons (Fsp3) is 0.200. The van der Waals surface area contributed by atoms with Crippen molar-refractivity contribution in [2.24, 2.45) is 0 Å². The summed E-state index contributed by atoms with van der Waals surface area (Å²) in [5, 5.41) is 0.747. The number of methoxy groups -OCH3 is 1. The van der Waals surface area contributed by atoms with Gasteiger partial charge in [-0.2, -0.15) is 0 Å². The highest BCUT2D eigenvalue weighted by atomic mass is 79.9. The molecule has 1 heterocycles. The van der Waals surface area contributed by atoms with Gasteiger partial charge in [0.15, 0.2) is 6.10 Å². The molecule has 0 saturated heterocycles.